The molecule has 69 heavy (non-hydrogen) atoms. The van der Waals surface area contributed by atoms with Gasteiger partial charge in [0.1, 0.15) is 22.7 Å². The van der Waals surface area contributed by atoms with Gasteiger partial charge in [0.2, 0.25) is 0 Å². The predicted octanol–water partition coefficient (Wildman–Crippen LogP) is 17.8. The highest BCUT2D eigenvalue weighted by molar-refractivity contribution is 6.07. The Morgan fingerprint density at radius 3 is 1.64 bits per heavy atom. The van der Waals surface area contributed by atoms with Gasteiger partial charge < -0.3 is 14.1 Å². The quantitative estimate of drug-likeness (QED) is 0.176. The summed E-state index contributed by atoms with van der Waals surface area (Å²) < 4.78 is 13.8. The van der Waals surface area contributed by atoms with E-state index in [0.717, 1.165) is 94.3 Å². The monoisotopic (exact) mass is 881 g/mol. The average molecular weight is 882 g/mol. The fourth-order valence-corrected chi connectivity index (χ4v) is 12.6. The second-order valence-corrected chi connectivity index (χ2v) is 19.5. The molecular formula is C66H43NO2. The third kappa shape index (κ3) is 5.17. The van der Waals surface area contributed by atoms with Crippen LogP contribution in [0.4, 0.5) is 17.1 Å². The van der Waals surface area contributed by atoms with Crippen LogP contribution < -0.4 is 9.64 Å². The van der Waals surface area contributed by atoms with Crippen molar-refractivity contribution in [3.63, 3.8) is 0 Å². The molecule has 2 heterocycles. The van der Waals surface area contributed by atoms with E-state index in [2.05, 4.69) is 237 Å². The zero-order valence-corrected chi connectivity index (χ0v) is 38.1. The van der Waals surface area contributed by atoms with Crippen LogP contribution in [0.25, 0.3) is 76.9 Å². The van der Waals surface area contributed by atoms with Crippen LogP contribution in [0.1, 0.15) is 47.2 Å². The Hall–Kier alpha value is -8.66. The maximum atomic E-state index is 7.23. The number of hydrogen-bond acceptors (Lipinski definition) is 3. The number of rotatable bonds is 4. The zero-order chi connectivity index (χ0) is 45.6. The van der Waals surface area contributed by atoms with Crippen molar-refractivity contribution in [3.05, 3.63) is 258 Å². The highest BCUT2D eigenvalue weighted by Crippen LogP contribution is 2.64. The first-order valence-corrected chi connectivity index (χ1v) is 24.0. The minimum absolute atomic E-state index is 0.168. The van der Waals surface area contributed by atoms with Gasteiger partial charge >= 0.3 is 0 Å². The summed E-state index contributed by atoms with van der Waals surface area (Å²) in [4.78, 5) is 2.44. The topological polar surface area (TPSA) is 25.6 Å². The number of benzene rings is 11. The number of ether oxygens (including phenoxy) is 1. The van der Waals surface area contributed by atoms with E-state index in [9.17, 15) is 0 Å². The first-order valence-electron chi connectivity index (χ1n) is 24.0. The van der Waals surface area contributed by atoms with Crippen molar-refractivity contribution >= 4 is 60.5 Å². The summed E-state index contributed by atoms with van der Waals surface area (Å²) >= 11 is 0. The van der Waals surface area contributed by atoms with E-state index in [1.807, 2.05) is 6.07 Å². The smallest absolute Gasteiger partial charge is 0.140 e. The molecule has 15 rings (SSSR count). The van der Waals surface area contributed by atoms with Gasteiger partial charge in [-0.25, -0.2) is 0 Å². The van der Waals surface area contributed by atoms with Gasteiger partial charge in [-0.1, -0.05) is 190 Å². The summed E-state index contributed by atoms with van der Waals surface area (Å²) in [5.74, 6) is 1.85. The normalized spacial score (nSPS) is 14.3. The second kappa shape index (κ2) is 13.9. The summed E-state index contributed by atoms with van der Waals surface area (Å²) in [6.07, 6.45) is 0. The lowest BCUT2D eigenvalue weighted by Gasteiger charge is -2.40. The van der Waals surface area contributed by atoms with Crippen LogP contribution in [0, 0.1) is 0 Å². The summed E-state index contributed by atoms with van der Waals surface area (Å²) in [6.45, 7) is 4.71. The third-order valence-corrected chi connectivity index (χ3v) is 15.7. The lowest BCUT2D eigenvalue weighted by atomic mass is 9.65. The fourth-order valence-electron chi connectivity index (χ4n) is 12.6. The van der Waals surface area contributed by atoms with Gasteiger partial charge in [0, 0.05) is 61.1 Å². The molecule has 0 bridgehead atoms. The Balaban J connectivity index is 0.963. The van der Waals surface area contributed by atoms with E-state index in [4.69, 9.17) is 9.15 Å². The van der Waals surface area contributed by atoms with E-state index < -0.39 is 5.41 Å². The Kier molecular flexibility index (Phi) is 7.77. The lowest BCUT2D eigenvalue weighted by molar-refractivity contribution is 0.447. The zero-order valence-electron chi connectivity index (χ0n) is 38.1. The van der Waals surface area contributed by atoms with Crippen molar-refractivity contribution in [2.24, 2.45) is 0 Å². The first kappa shape index (κ1) is 38.4. The molecule has 1 aromatic heterocycles. The molecule has 0 radical (unpaired) electrons. The van der Waals surface area contributed by atoms with Gasteiger partial charge in [0.05, 0.1) is 11.1 Å². The van der Waals surface area contributed by atoms with Crippen molar-refractivity contribution in [1.82, 2.24) is 0 Å². The van der Waals surface area contributed by atoms with Gasteiger partial charge in [-0.3, -0.25) is 0 Å². The van der Waals surface area contributed by atoms with Crippen LogP contribution in [0.3, 0.4) is 0 Å². The molecule has 1 spiro atoms. The minimum atomic E-state index is -0.621. The molecule has 3 aliphatic rings. The molecule has 3 heteroatoms. The molecule has 0 unspecified atom stereocenters. The Morgan fingerprint density at radius 2 is 0.884 bits per heavy atom. The molecule has 324 valence electrons. The summed E-state index contributed by atoms with van der Waals surface area (Å²) in [5.41, 5.74) is 19.1. The van der Waals surface area contributed by atoms with Crippen molar-refractivity contribution in [1.29, 1.82) is 0 Å². The van der Waals surface area contributed by atoms with Crippen molar-refractivity contribution in [2.75, 3.05) is 4.90 Å². The molecule has 1 aliphatic heterocycles. The van der Waals surface area contributed by atoms with Crippen LogP contribution in [-0.2, 0) is 10.8 Å². The molecule has 0 saturated heterocycles. The first-order chi connectivity index (χ1) is 34.0. The number of fused-ring (bicyclic) bond motifs is 19. The van der Waals surface area contributed by atoms with Crippen LogP contribution in [0.5, 0.6) is 11.5 Å². The SMILES string of the molecule is CC1(C)c2ccccc2-c2ccc(N(c3ccc4c(c3)oc3ccccc34)c3ccccc3-c3ccc4c(c3)-c3ccccc3C43c4ccc5ccccc5c4Oc4c3ccc3ccccc43)cc21. The van der Waals surface area contributed by atoms with E-state index in [0.29, 0.717) is 0 Å². The lowest BCUT2D eigenvalue weighted by Crippen LogP contribution is -2.32. The van der Waals surface area contributed by atoms with E-state index in [1.165, 1.54) is 44.5 Å². The largest absolute Gasteiger partial charge is 0.456 e. The molecule has 0 N–H and O–H groups in total. The van der Waals surface area contributed by atoms with Gasteiger partial charge in [0.25, 0.3) is 0 Å². The van der Waals surface area contributed by atoms with Crippen molar-refractivity contribution in [3.8, 4) is 44.9 Å². The summed E-state index contributed by atoms with van der Waals surface area (Å²) in [6, 6.07) is 82.5. The van der Waals surface area contributed by atoms with Crippen LogP contribution in [-0.4, -0.2) is 0 Å². The van der Waals surface area contributed by atoms with Crippen LogP contribution in [0.2, 0.25) is 0 Å². The Labute approximate surface area is 400 Å². The van der Waals surface area contributed by atoms with Gasteiger partial charge in [0.15, 0.2) is 0 Å². The second-order valence-electron chi connectivity index (χ2n) is 19.5. The average Bonchev–Trinajstić information content (AvgIpc) is 3.99. The van der Waals surface area contributed by atoms with E-state index >= 15 is 0 Å². The predicted molar refractivity (Wildman–Crippen MR) is 284 cm³/mol. The molecule has 0 fully saturated rings. The molecule has 0 amide bonds. The van der Waals surface area contributed by atoms with E-state index in [-0.39, 0.29) is 5.41 Å². The molecular weight excluding hydrogens is 839 g/mol. The molecule has 3 nitrogen and oxygen atoms in total. The molecule has 2 aliphatic carbocycles. The van der Waals surface area contributed by atoms with Crippen molar-refractivity contribution < 1.29 is 9.15 Å². The highest BCUT2D eigenvalue weighted by atomic mass is 16.5. The van der Waals surface area contributed by atoms with E-state index in [1.54, 1.807) is 0 Å². The third-order valence-electron chi connectivity index (χ3n) is 15.7. The standard InChI is InChI=1S/C66H43NO2/c1-65(2)54-23-11-7-20-48(54)50-32-30-43(38-59(50)65)67(44-31-33-52-51-22-10-14-26-61(51)68-62(52)39-44)60-25-13-9-17-45(60)42-29-34-56-53(37-42)49-21-8-12-24-55(49)66(56)57-35-27-40-15-3-5-18-46(40)63(57)69-64-47-19-6-4-16-41(47)28-36-58(64)66/h3-39H,1-2H3. The van der Waals surface area contributed by atoms with Gasteiger partial charge in [-0.05, 0) is 103 Å². The minimum Gasteiger partial charge on any atom is -0.456 e. The Morgan fingerprint density at radius 1 is 0.348 bits per heavy atom. The van der Waals surface area contributed by atoms with Crippen LogP contribution >= 0.6 is 0 Å². The molecule has 11 aromatic carbocycles. The molecule has 0 atom stereocenters. The number of anilines is 3. The summed E-state index contributed by atoms with van der Waals surface area (Å²) in [5, 5.41) is 6.78. The maximum Gasteiger partial charge on any atom is 0.140 e. The van der Waals surface area contributed by atoms with Gasteiger partial charge in [-0.15, -0.1) is 0 Å². The van der Waals surface area contributed by atoms with Gasteiger partial charge in [-0.2, -0.15) is 0 Å². The number of furan rings is 1. The molecule has 0 saturated carbocycles. The summed E-state index contributed by atoms with van der Waals surface area (Å²) in [7, 11) is 0. The van der Waals surface area contributed by atoms with Crippen LogP contribution in [0.15, 0.2) is 229 Å². The number of para-hydroxylation sites is 2. The molecule has 12 aromatic rings. The van der Waals surface area contributed by atoms with Crippen molar-refractivity contribution in [2.45, 2.75) is 24.7 Å². The fraction of sp³-hybridized carbons (Fsp3) is 0.0606. The Bertz CT molecular complexity index is 4090. The maximum absolute atomic E-state index is 7.23. The number of hydrogen-bond donors (Lipinski definition) is 0. The number of nitrogens with zero attached hydrogens (tertiary/aromatic N) is 1. The highest BCUT2D eigenvalue weighted by Gasteiger charge is 2.52.